The number of nitrogens with two attached hydrogens (primary N) is 4. The molecule has 332 valence electrons. The Morgan fingerprint density at radius 2 is 0.891 bits per heavy atom. The minimum atomic E-state index is -1.30. The summed E-state index contributed by atoms with van der Waals surface area (Å²) in [5.41, 5.74) is 28.6. The van der Waals surface area contributed by atoms with Gasteiger partial charge in [0.25, 0.3) is 11.8 Å². The van der Waals surface area contributed by atoms with Gasteiger partial charge in [-0.15, -0.1) is 0 Å². The number of aliphatic carboxylic acids is 4. The summed E-state index contributed by atoms with van der Waals surface area (Å²) in [4.78, 5) is 84.5. The second kappa shape index (κ2) is 20.2. The second-order valence-electron chi connectivity index (χ2n) is 14.1. The molecule has 2 atom stereocenters. The van der Waals surface area contributed by atoms with Crippen LogP contribution in [-0.2, 0) is 19.2 Å². The summed E-state index contributed by atoms with van der Waals surface area (Å²) < 4.78 is 10.8. The van der Waals surface area contributed by atoms with Crippen molar-refractivity contribution < 1.29 is 58.0 Å². The number of amides is 2. The van der Waals surface area contributed by atoms with Gasteiger partial charge in [0.15, 0.2) is 0 Å². The van der Waals surface area contributed by atoms with E-state index in [-0.39, 0.29) is 71.8 Å². The molecule has 2 amide bonds. The lowest BCUT2D eigenvalue weighted by molar-refractivity contribution is -0.142. The number of carbonyl (C=O) groups is 6. The molecule has 0 unspecified atom stereocenters. The van der Waals surface area contributed by atoms with Crippen molar-refractivity contribution in [3.8, 4) is 0 Å². The van der Waals surface area contributed by atoms with Crippen molar-refractivity contribution in [2.45, 2.75) is 51.6 Å². The number of allylic oxidation sites excluding steroid dienone is 2. The SMILES string of the molecule is C/C(=C/c1coc2nc(N)nc(N)c12)c1ccc(C(=O)N[C@@H](CCC(=O)O)C(=O)O)cc1.C/C(=C\c1coc2nc(N)nc(N)c12)c1ccc(C(=O)N[C@@H](CCC(=O)O)C(=O)O)cc1. The van der Waals surface area contributed by atoms with E-state index >= 15 is 0 Å². The van der Waals surface area contributed by atoms with Crippen molar-refractivity contribution in [3.05, 3.63) is 94.4 Å². The van der Waals surface area contributed by atoms with Gasteiger partial charge in [-0.25, -0.2) is 9.59 Å². The maximum absolute atomic E-state index is 12.4. The van der Waals surface area contributed by atoms with Gasteiger partial charge in [-0.1, -0.05) is 24.3 Å². The molecule has 6 aromatic rings. The van der Waals surface area contributed by atoms with Crippen molar-refractivity contribution in [1.29, 1.82) is 0 Å². The quantitative estimate of drug-likeness (QED) is 0.0656. The number of carbonyl (C=O) groups excluding carboxylic acids is 2. The van der Waals surface area contributed by atoms with E-state index in [2.05, 4.69) is 30.6 Å². The smallest absolute Gasteiger partial charge is 0.326 e. The highest BCUT2D eigenvalue weighted by Crippen LogP contribution is 2.30. The van der Waals surface area contributed by atoms with Gasteiger partial charge in [-0.2, -0.15) is 19.9 Å². The van der Waals surface area contributed by atoms with Crippen LogP contribution in [-0.4, -0.2) is 88.1 Å². The number of hydrogen-bond donors (Lipinski definition) is 10. The van der Waals surface area contributed by atoms with Gasteiger partial charge in [0.1, 0.15) is 36.2 Å². The van der Waals surface area contributed by atoms with Gasteiger partial charge < -0.3 is 62.8 Å². The lowest BCUT2D eigenvalue weighted by atomic mass is 10.0. The third kappa shape index (κ3) is 11.7. The van der Waals surface area contributed by atoms with Crippen LogP contribution in [0.5, 0.6) is 0 Å². The van der Waals surface area contributed by atoms with E-state index < -0.39 is 47.8 Å². The van der Waals surface area contributed by atoms with Gasteiger partial charge in [0, 0.05) is 35.1 Å². The average molecular weight is 879 g/mol. The molecule has 0 bridgehead atoms. The summed E-state index contributed by atoms with van der Waals surface area (Å²) in [5, 5.41) is 41.6. The van der Waals surface area contributed by atoms with Gasteiger partial charge in [-0.05, 0) is 85.4 Å². The number of furan rings is 2. The summed E-state index contributed by atoms with van der Waals surface area (Å²) in [6, 6.07) is 10.4. The van der Waals surface area contributed by atoms with Crippen LogP contribution >= 0.6 is 0 Å². The molecule has 4 aromatic heterocycles. The fraction of sp³-hybridized carbons (Fsp3) is 0.190. The number of fused-ring (bicyclic) bond motifs is 2. The Morgan fingerprint density at radius 3 is 1.20 bits per heavy atom. The predicted molar refractivity (Wildman–Crippen MR) is 233 cm³/mol. The maximum Gasteiger partial charge on any atom is 0.326 e. The molecule has 64 heavy (non-hydrogen) atoms. The first-order chi connectivity index (χ1) is 30.3. The van der Waals surface area contributed by atoms with Crippen molar-refractivity contribution >= 4 is 105 Å². The van der Waals surface area contributed by atoms with Crippen molar-refractivity contribution in [2.24, 2.45) is 0 Å². The standard InChI is InChI=1S/2C21H21N5O6/c2*1-10(8-13-9-32-19-16(13)17(22)25-21(23)26-19)11-2-4-12(5-3-11)18(29)24-14(20(30)31)6-7-15(27)28/h2*2-5,8-9,14H,6-7H2,1H3,(H,24,29)(H,27,28)(H,30,31)(H4,22,23,25,26)/b10-8+;10-8-/t2*14-/m00/s1. The van der Waals surface area contributed by atoms with Gasteiger partial charge in [0.05, 0.1) is 10.8 Å². The average Bonchev–Trinajstić information content (AvgIpc) is 3.84. The molecule has 0 fully saturated rings. The fourth-order valence-electron chi connectivity index (χ4n) is 6.17. The topological polar surface area (TPSA) is 389 Å². The van der Waals surface area contributed by atoms with E-state index in [1.54, 1.807) is 48.5 Å². The van der Waals surface area contributed by atoms with Crippen LogP contribution in [0.4, 0.5) is 23.5 Å². The lowest BCUT2D eigenvalue weighted by Gasteiger charge is -2.13. The Hall–Kier alpha value is -8.82. The maximum atomic E-state index is 12.4. The third-order valence-corrected chi connectivity index (χ3v) is 9.46. The van der Waals surface area contributed by atoms with Crippen LogP contribution in [0.1, 0.15) is 82.5 Å². The van der Waals surface area contributed by atoms with Crippen LogP contribution in [0.2, 0.25) is 0 Å². The summed E-state index contributed by atoms with van der Waals surface area (Å²) in [7, 11) is 0. The minimum absolute atomic E-state index is 0.0126. The lowest BCUT2D eigenvalue weighted by Crippen LogP contribution is -2.41. The Bertz CT molecular complexity index is 2620. The molecule has 0 aliphatic rings. The number of hydrogen-bond acceptors (Lipinski definition) is 16. The number of nitrogen functional groups attached to an aromatic ring is 4. The number of anilines is 4. The molecule has 0 saturated heterocycles. The first kappa shape index (κ1) is 46.2. The number of aromatic nitrogens is 4. The third-order valence-electron chi connectivity index (χ3n) is 9.46. The number of benzene rings is 2. The van der Waals surface area contributed by atoms with E-state index in [4.69, 9.17) is 42.0 Å². The van der Waals surface area contributed by atoms with E-state index in [9.17, 15) is 39.0 Å². The zero-order chi connectivity index (χ0) is 46.8. The summed E-state index contributed by atoms with van der Waals surface area (Å²) in [6.45, 7) is 3.71. The van der Waals surface area contributed by atoms with E-state index in [1.807, 2.05) is 26.0 Å². The van der Waals surface area contributed by atoms with E-state index in [0.717, 1.165) is 22.3 Å². The predicted octanol–water partition coefficient (Wildman–Crippen LogP) is 3.99. The molecule has 0 radical (unpaired) electrons. The normalized spacial score (nSPS) is 12.5. The molecule has 0 spiro atoms. The van der Waals surface area contributed by atoms with Crippen molar-refractivity contribution in [3.63, 3.8) is 0 Å². The highest BCUT2D eigenvalue weighted by Gasteiger charge is 2.23. The van der Waals surface area contributed by atoms with Crippen LogP contribution in [0, 0.1) is 0 Å². The monoisotopic (exact) mass is 878 g/mol. The van der Waals surface area contributed by atoms with Gasteiger partial charge in [0.2, 0.25) is 23.3 Å². The second-order valence-corrected chi connectivity index (χ2v) is 14.1. The van der Waals surface area contributed by atoms with Crippen LogP contribution in [0.15, 0.2) is 69.9 Å². The zero-order valence-corrected chi connectivity index (χ0v) is 34.1. The molecule has 14 N–H and O–H groups in total. The molecule has 0 aliphatic carbocycles. The van der Waals surface area contributed by atoms with Gasteiger partial charge >= 0.3 is 23.9 Å². The first-order valence-electron chi connectivity index (χ1n) is 19.0. The Labute approximate surface area is 361 Å². The van der Waals surface area contributed by atoms with Crippen LogP contribution in [0.25, 0.3) is 45.5 Å². The summed E-state index contributed by atoms with van der Waals surface area (Å²) in [6.07, 6.45) is 5.45. The van der Waals surface area contributed by atoms with E-state index in [0.29, 0.717) is 21.9 Å². The first-order valence-corrected chi connectivity index (χ1v) is 19.0. The molecule has 0 saturated carbocycles. The largest absolute Gasteiger partial charge is 0.481 e. The Morgan fingerprint density at radius 1 is 0.562 bits per heavy atom. The number of nitrogens with one attached hydrogen (secondary N) is 2. The van der Waals surface area contributed by atoms with Gasteiger partial charge in [-0.3, -0.25) is 19.2 Å². The number of carboxylic acid groups (broad SMARTS) is 4. The molecule has 22 nitrogen and oxygen atoms in total. The zero-order valence-electron chi connectivity index (χ0n) is 34.1. The molecule has 0 aliphatic heterocycles. The molecule has 2 aromatic carbocycles. The number of rotatable bonds is 16. The Kier molecular flexibility index (Phi) is 14.6. The number of carboxylic acids is 4. The number of nitrogens with zero attached hydrogens (tertiary/aromatic N) is 4. The summed E-state index contributed by atoms with van der Waals surface area (Å²) >= 11 is 0. The molecule has 22 heteroatoms. The van der Waals surface area contributed by atoms with Crippen LogP contribution < -0.4 is 33.6 Å². The summed E-state index contributed by atoms with van der Waals surface area (Å²) in [5.74, 6) is -5.68. The van der Waals surface area contributed by atoms with Crippen LogP contribution in [0.3, 0.4) is 0 Å². The highest BCUT2D eigenvalue weighted by molar-refractivity contribution is 6.00. The molecular formula is C42H42N10O12. The fourth-order valence-corrected chi connectivity index (χ4v) is 6.17. The molecular weight excluding hydrogens is 837 g/mol. The molecule has 4 heterocycles. The minimum Gasteiger partial charge on any atom is -0.481 e. The van der Waals surface area contributed by atoms with Crippen molar-refractivity contribution in [1.82, 2.24) is 30.6 Å². The van der Waals surface area contributed by atoms with E-state index in [1.165, 1.54) is 12.5 Å². The Balaban J connectivity index is 0.000000241. The van der Waals surface area contributed by atoms with Crippen molar-refractivity contribution in [2.75, 3.05) is 22.9 Å². The molecule has 6 rings (SSSR count). The highest BCUT2D eigenvalue weighted by atomic mass is 16.4.